The molecular weight excluding hydrogens is 229 g/mol. The van der Waals surface area contributed by atoms with Crippen LogP contribution < -0.4 is 11.1 Å². The van der Waals surface area contributed by atoms with Crippen molar-refractivity contribution < 1.29 is 14.1 Å². The van der Waals surface area contributed by atoms with Crippen LogP contribution in [0, 0.1) is 15.9 Å². The molecule has 3 N–H and O–H groups in total. The Hall–Kier alpha value is -2.02. The van der Waals surface area contributed by atoms with Crippen LogP contribution in [0.1, 0.15) is 13.3 Å². The first-order chi connectivity index (χ1) is 7.95. The third-order valence-corrected chi connectivity index (χ3v) is 2.20. The van der Waals surface area contributed by atoms with Gasteiger partial charge in [0.05, 0.1) is 22.7 Å². The summed E-state index contributed by atoms with van der Waals surface area (Å²) in [5.41, 5.74) is 4.95. The number of halogens is 1. The molecule has 0 spiro atoms. The molecule has 0 aromatic heterocycles. The molecule has 0 aliphatic carbocycles. The highest BCUT2D eigenvalue weighted by molar-refractivity contribution is 5.94. The predicted molar refractivity (Wildman–Crippen MR) is 60.0 cm³/mol. The van der Waals surface area contributed by atoms with Crippen LogP contribution in [0.3, 0.4) is 0 Å². The summed E-state index contributed by atoms with van der Waals surface area (Å²) in [6.07, 6.45) is 0.417. The number of nitro groups is 1. The van der Waals surface area contributed by atoms with Crippen LogP contribution in [0.25, 0.3) is 0 Å². The molecule has 0 unspecified atom stereocenters. The van der Waals surface area contributed by atoms with Crippen molar-refractivity contribution in [1.29, 1.82) is 0 Å². The van der Waals surface area contributed by atoms with Gasteiger partial charge in [0.2, 0.25) is 5.91 Å². The number of anilines is 1. The quantitative estimate of drug-likeness (QED) is 0.615. The molecule has 92 valence electrons. The number of hydrogen-bond acceptors (Lipinski definition) is 4. The molecule has 7 heteroatoms. The minimum Gasteiger partial charge on any atom is -0.322 e. The van der Waals surface area contributed by atoms with Gasteiger partial charge in [0.1, 0.15) is 0 Å². The molecule has 1 atom stereocenters. The summed E-state index contributed by atoms with van der Waals surface area (Å²) in [5, 5.41) is 12.6. The Bertz CT molecular complexity index is 450. The predicted octanol–water partition coefficient (Wildman–Crippen LogP) is 1.41. The fraction of sp³-hybridized carbons (Fsp3) is 0.300. The van der Waals surface area contributed by atoms with E-state index in [4.69, 9.17) is 5.73 Å². The highest BCUT2D eigenvalue weighted by Gasteiger charge is 2.15. The van der Waals surface area contributed by atoms with E-state index in [0.29, 0.717) is 6.42 Å². The second-order valence-corrected chi connectivity index (χ2v) is 3.43. The van der Waals surface area contributed by atoms with Crippen molar-refractivity contribution in [2.75, 3.05) is 5.32 Å². The smallest absolute Gasteiger partial charge is 0.272 e. The molecule has 0 bridgehead atoms. The second-order valence-electron chi connectivity index (χ2n) is 3.43. The van der Waals surface area contributed by atoms with Crippen LogP contribution in [0.5, 0.6) is 0 Å². The maximum atomic E-state index is 13.4. The largest absolute Gasteiger partial charge is 0.322 e. The minimum absolute atomic E-state index is 0.121. The minimum atomic E-state index is -0.865. The van der Waals surface area contributed by atoms with Gasteiger partial charge in [0, 0.05) is 6.07 Å². The number of benzene rings is 1. The molecule has 0 saturated carbocycles. The van der Waals surface area contributed by atoms with Crippen LogP contribution in [-0.4, -0.2) is 16.9 Å². The summed E-state index contributed by atoms with van der Waals surface area (Å²) in [6, 6.07) is 2.25. The molecular formula is C10H12FN3O3. The van der Waals surface area contributed by atoms with Gasteiger partial charge in [0.25, 0.3) is 5.69 Å². The van der Waals surface area contributed by atoms with E-state index < -0.39 is 22.7 Å². The number of hydrogen-bond donors (Lipinski definition) is 2. The average Bonchev–Trinajstić information content (AvgIpc) is 2.30. The number of amides is 1. The van der Waals surface area contributed by atoms with Gasteiger partial charge in [-0.1, -0.05) is 6.92 Å². The zero-order valence-electron chi connectivity index (χ0n) is 9.14. The summed E-state index contributed by atoms with van der Waals surface area (Å²) < 4.78 is 13.4. The standard InChI is InChI=1S/C10H12FN3O3/c1-2-8(12)10(15)13-9-4-3-6(14(16)17)5-7(9)11/h3-5,8H,2,12H2,1H3,(H,13,15)/t8-/m0/s1. The van der Waals surface area contributed by atoms with E-state index in [-0.39, 0.29) is 11.4 Å². The number of nitrogens with one attached hydrogen (secondary N) is 1. The maximum Gasteiger partial charge on any atom is 0.272 e. The van der Waals surface area contributed by atoms with Crippen molar-refractivity contribution in [1.82, 2.24) is 0 Å². The third kappa shape index (κ3) is 3.22. The van der Waals surface area contributed by atoms with Crippen molar-refractivity contribution >= 4 is 17.3 Å². The molecule has 6 nitrogen and oxygen atoms in total. The lowest BCUT2D eigenvalue weighted by Crippen LogP contribution is -2.35. The molecule has 0 aliphatic rings. The number of nitrogens with two attached hydrogens (primary N) is 1. The molecule has 0 aliphatic heterocycles. The highest BCUT2D eigenvalue weighted by Crippen LogP contribution is 2.20. The van der Waals surface area contributed by atoms with Gasteiger partial charge in [-0.05, 0) is 12.5 Å². The summed E-state index contributed by atoms with van der Waals surface area (Å²) >= 11 is 0. The van der Waals surface area contributed by atoms with E-state index in [1.807, 2.05) is 0 Å². The molecule has 1 rings (SSSR count). The Morgan fingerprint density at radius 1 is 1.65 bits per heavy atom. The first kappa shape index (κ1) is 13.0. The van der Waals surface area contributed by atoms with E-state index >= 15 is 0 Å². The number of carbonyl (C=O) groups excluding carboxylic acids is 1. The van der Waals surface area contributed by atoms with Crippen molar-refractivity contribution in [2.24, 2.45) is 5.73 Å². The monoisotopic (exact) mass is 241 g/mol. The number of nitro benzene ring substituents is 1. The summed E-state index contributed by atoms with van der Waals surface area (Å²) in [6.45, 7) is 1.72. The van der Waals surface area contributed by atoms with Crippen LogP contribution >= 0.6 is 0 Å². The summed E-state index contributed by atoms with van der Waals surface area (Å²) in [5.74, 6) is -1.39. The number of nitrogens with zero attached hydrogens (tertiary/aromatic N) is 1. The molecule has 1 aromatic carbocycles. The molecule has 1 amide bonds. The lowest BCUT2D eigenvalue weighted by atomic mass is 10.2. The molecule has 17 heavy (non-hydrogen) atoms. The molecule has 0 radical (unpaired) electrons. The van der Waals surface area contributed by atoms with E-state index in [1.54, 1.807) is 6.92 Å². The Morgan fingerprint density at radius 3 is 2.76 bits per heavy atom. The number of carbonyl (C=O) groups is 1. The van der Waals surface area contributed by atoms with Crippen LogP contribution in [0.2, 0.25) is 0 Å². The Kier molecular flexibility index (Phi) is 4.11. The van der Waals surface area contributed by atoms with E-state index in [2.05, 4.69) is 5.32 Å². The number of rotatable bonds is 4. The average molecular weight is 241 g/mol. The highest BCUT2D eigenvalue weighted by atomic mass is 19.1. The number of non-ortho nitro benzene ring substituents is 1. The SMILES string of the molecule is CC[C@H](N)C(=O)Nc1ccc([N+](=O)[O-])cc1F. The van der Waals surface area contributed by atoms with E-state index in [0.717, 1.165) is 18.2 Å². The lowest BCUT2D eigenvalue weighted by Gasteiger charge is -2.10. The summed E-state index contributed by atoms with van der Waals surface area (Å²) in [4.78, 5) is 21.0. The Balaban J connectivity index is 2.86. The first-order valence-corrected chi connectivity index (χ1v) is 4.96. The van der Waals surface area contributed by atoms with Gasteiger partial charge < -0.3 is 11.1 Å². The van der Waals surface area contributed by atoms with Crippen molar-refractivity contribution in [3.05, 3.63) is 34.1 Å². The van der Waals surface area contributed by atoms with Crippen molar-refractivity contribution in [3.8, 4) is 0 Å². The van der Waals surface area contributed by atoms with E-state index in [9.17, 15) is 19.3 Å². The molecule has 0 saturated heterocycles. The van der Waals surface area contributed by atoms with Crippen LogP contribution in [0.4, 0.5) is 15.8 Å². The first-order valence-electron chi connectivity index (χ1n) is 4.96. The Labute approximate surface area is 96.8 Å². The van der Waals surface area contributed by atoms with Gasteiger partial charge in [-0.15, -0.1) is 0 Å². The second kappa shape index (κ2) is 5.35. The van der Waals surface area contributed by atoms with Gasteiger partial charge >= 0.3 is 0 Å². The normalized spacial score (nSPS) is 11.9. The Morgan fingerprint density at radius 2 is 2.29 bits per heavy atom. The van der Waals surface area contributed by atoms with E-state index in [1.165, 1.54) is 0 Å². The zero-order valence-corrected chi connectivity index (χ0v) is 9.14. The van der Waals surface area contributed by atoms with Crippen molar-refractivity contribution in [2.45, 2.75) is 19.4 Å². The lowest BCUT2D eigenvalue weighted by molar-refractivity contribution is -0.385. The maximum absolute atomic E-state index is 13.4. The van der Waals surface area contributed by atoms with Crippen molar-refractivity contribution in [3.63, 3.8) is 0 Å². The van der Waals surface area contributed by atoms with Gasteiger partial charge in [-0.3, -0.25) is 14.9 Å². The zero-order chi connectivity index (χ0) is 13.0. The fourth-order valence-electron chi connectivity index (χ4n) is 1.13. The third-order valence-electron chi connectivity index (χ3n) is 2.20. The van der Waals surface area contributed by atoms with Gasteiger partial charge in [-0.2, -0.15) is 0 Å². The topological polar surface area (TPSA) is 98.3 Å². The van der Waals surface area contributed by atoms with Gasteiger partial charge in [-0.25, -0.2) is 4.39 Å². The molecule has 0 heterocycles. The van der Waals surface area contributed by atoms with Crippen LogP contribution in [0.15, 0.2) is 18.2 Å². The van der Waals surface area contributed by atoms with Crippen LogP contribution in [-0.2, 0) is 4.79 Å². The van der Waals surface area contributed by atoms with Gasteiger partial charge in [0.15, 0.2) is 5.82 Å². The fourth-order valence-corrected chi connectivity index (χ4v) is 1.13. The summed E-state index contributed by atoms with van der Waals surface area (Å²) in [7, 11) is 0. The molecule has 0 fully saturated rings. The molecule has 1 aromatic rings.